The number of rotatable bonds is 4. The van der Waals surface area contributed by atoms with Gasteiger partial charge in [0, 0.05) is 0 Å². The summed E-state index contributed by atoms with van der Waals surface area (Å²) in [5.41, 5.74) is 7.08. The fourth-order valence-corrected chi connectivity index (χ4v) is 2.02. The van der Waals surface area contributed by atoms with E-state index in [1.807, 2.05) is 13.0 Å². The van der Waals surface area contributed by atoms with Gasteiger partial charge < -0.3 is 15.8 Å². The molecule has 1 amide bonds. The molecule has 0 spiro atoms. The van der Waals surface area contributed by atoms with Gasteiger partial charge in [0.2, 0.25) is 0 Å². The van der Waals surface area contributed by atoms with E-state index in [-0.39, 0.29) is 5.91 Å². The number of anilines is 2. The third-order valence-electron chi connectivity index (χ3n) is 2.72. The first-order chi connectivity index (χ1) is 9.63. The van der Waals surface area contributed by atoms with Gasteiger partial charge in [0.05, 0.1) is 28.6 Å². The molecular weight excluding hydrogens is 276 g/mol. The van der Waals surface area contributed by atoms with Gasteiger partial charge in [-0.3, -0.25) is 4.79 Å². The lowest BCUT2D eigenvalue weighted by Gasteiger charge is -2.12. The molecule has 20 heavy (non-hydrogen) atoms. The number of halogens is 1. The van der Waals surface area contributed by atoms with Gasteiger partial charge in [-0.2, -0.15) is 0 Å². The van der Waals surface area contributed by atoms with Gasteiger partial charge in [0.15, 0.2) is 0 Å². The van der Waals surface area contributed by atoms with Crippen molar-refractivity contribution in [3.8, 4) is 5.75 Å². The fraction of sp³-hybridized carbons (Fsp3) is 0.133. The van der Waals surface area contributed by atoms with Gasteiger partial charge in [-0.15, -0.1) is 0 Å². The lowest BCUT2D eigenvalue weighted by atomic mass is 10.1. The van der Waals surface area contributed by atoms with E-state index in [1.54, 1.807) is 36.4 Å². The number of carbonyl (C=O) groups is 1. The summed E-state index contributed by atoms with van der Waals surface area (Å²) in [5.74, 6) is 0.215. The molecule has 2 aromatic carbocycles. The number of benzene rings is 2. The number of amides is 1. The molecule has 5 heteroatoms. The van der Waals surface area contributed by atoms with E-state index in [1.165, 1.54) is 0 Å². The van der Waals surface area contributed by atoms with Crippen LogP contribution in [0.1, 0.15) is 17.3 Å². The first-order valence-electron chi connectivity index (χ1n) is 6.20. The molecule has 0 unspecified atom stereocenters. The zero-order chi connectivity index (χ0) is 14.5. The highest BCUT2D eigenvalue weighted by Gasteiger charge is 2.14. The third kappa shape index (κ3) is 3.03. The maximum Gasteiger partial charge on any atom is 0.259 e. The molecule has 0 aliphatic carbocycles. The highest BCUT2D eigenvalue weighted by molar-refractivity contribution is 6.34. The van der Waals surface area contributed by atoms with E-state index in [4.69, 9.17) is 22.1 Å². The minimum absolute atomic E-state index is 0.311. The van der Waals surface area contributed by atoms with Crippen LogP contribution in [0.3, 0.4) is 0 Å². The van der Waals surface area contributed by atoms with Crippen molar-refractivity contribution in [2.45, 2.75) is 6.92 Å². The van der Waals surface area contributed by atoms with E-state index in [0.29, 0.717) is 34.3 Å². The molecule has 0 aliphatic rings. The highest BCUT2D eigenvalue weighted by atomic mass is 35.5. The molecule has 0 bridgehead atoms. The van der Waals surface area contributed by atoms with Gasteiger partial charge in [-0.05, 0) is 31.2 Å². The lowest BCUT2D eigenvalue weighted by Crippen LogP contribution is -2.15. The van der Waals surface area contributed by atoms with Crippen molar-refractivity contribution < 1.29 is 9.53 Å². The molecule has 0 fully saturated rings. The maximum absolute atomic E-state index is 12.3. The molecule has 0 saturated heterocycles. The van der Waals surface area contributed by atoms with E-state index in [9.17, 15) is 4.79 Å². The first-order valence-corrected chi connectivity index (χ1v) is 6.58. The second-order valence-corrected chi connectivity index (χ2v) is 4.49. The van der Waals surface area contributed by atoms with Crippen LogP contribution in [-0.4, -0.2) is 12.5 Å². The molecular formula is C15H15ClN2O2. The third-order valence-corrected chi connectivity index (χ3v) is 3.03. The van der Waals surface area contributed by atoms with Crippen LogP contribution in [0.25, 0.3) is 0 Å². The number of para-hydroxylation sites is 2. The van der Waals surface area contributed by atoms with Crippen LogP contribution in [0.4, 0.5) is 11.4 Å². The van der Waals surface area contributed by atoms with Crippen LogP contribution in [0.5, 0.6) is 5.75 Å². The largest absolute Gasteiger partial charge is 0.493 e. The van der Waals surface area contributed by atoms with Crippen LogP contribution < -0.4 is 15.8 Å². The summed E-state index contributed by atoms with van der Waals surface area (Å²) in [6.07, 6.45) is 0. The molecule has 104 valence electrons. The summed E-state index contributed by atoms with van der Waals surface area (Å²) >= 11 is 6.04. The Morgan fingerprint density at radius 1 is 1.25 bits per heavy atom. The lowest BCUT2D eigenvalue weighted by molar-refractivity contribution is 0.102. The number of nitrogens with two attached hydrogens (primary N) is 1. The number of nitrogens with one attached hydrogen (secondary N) is 1. The number of carbonyl (C=O) groups excluding carboxylic acids is 1. The Labute approximate surface area is 122 Å². The molecule has 4 nitrogen and oxygen atoms in total. The smallest absolute Gasteiger partial charge is 0.259 e. The van der Waals surface area contributed by atoms with Crippen molar-refractivity contribution in [1.82, 2.24) is 0 Å². The van der Waals surface area contributed by atoms with Crippen molar-refractivity contribution >= 4 is 28.9 Å². The number of hydrogen-bond donors (Lipinski definition) is 2. The molecule has 2 rings (SSSR count). The first kappa shape index (κ1) is 14.2. The summed E-state index contributed by atoms with van der Waals surface area (Å²) in [6, 6.07) is 12.1. The molecule has 2 aromatic rings. The second kappa shape index (κ2) is 6.30. The number of hydrogen-bond acceptors (Lipinski definition) is 3. The summed E-state index contributed by atoms with van der Waals surface area (Å²) in [5, 5.41) is 3.11. The Bertz CT molecular complexity index is 609. The highest BCUT2D eigenvalue weighted by Crippen LogP contribution is 2.29. The Hall–Kier alpha value is -2.20. The quantitative estimate of drug-likeness (QED) is 0.846. The number of ether oxygens (including phenoxy) is 1. The van der Waals surface area contributed by atoms with Gasteiger partial charge in [0.25, 0.3) is 5.91 Å². The van der Waals surface area contributed by atoms with Crippen LogP contribution >= 0.6 is 11.6 Å². The van der Waals surface area contributed by atoms with E-state index in [2.05, 4.69) is 5.32 Å². The molecule has 0 atom stereocenters. The predicted octanol–water partition coefficient (Wildman–Crippen LogP) is 3.57. The Morgan fingerprint density at radius 3 is 2.70 bits per heavy atom. The van der Waals surface area contributed by atoms with Crippen molar-refractivity contribution in [2.24, 2.45) is 0 Å². The minimum atomic E-state index is -0.311. The summed E-state index contributed by atoms with van der Waals surface area (Å²) in [7, 11) is 0. The van der Waals surface area contributed by atoms with Crippen molar-refractivity contribution in [2.75, 3.05) is 17.7 Å². The Balaban J connectivity index is 2.29. The Morgan fingerprint density at radius 2 is 2.00 bits per heavy atom. The van der Waals surface area contributed by atoms with Crippen molar-refractivity contribution in [1.29, 1.82) is 0 Å². The Kier molecular flexibility index (Phi) is 4.48. The van der Waals surface area contributed by atoms with E-state index < -0.39 is 0 Å². The monoisotopic (exact) mass is 290 g/mol. The second-order valence-electron chi connectivity index (χ2n) is 4.09. The minimum Gasteiger partial charge on any atom is -0.493 e. The van der Waals surface area contributed by atoms with Crippen LogP contribution in [-0.2, 0) is 0 Å². The topological polar surface area (TPSA) is 64.3 Å². The van der Waals surface area contributed by atoms with Gasteiger partial charge in [-0.1, -0.05) is 29.8 Å². The average molecular weight is 291 g/mol. The summed E-state index contributed by atoms with van der Waals surface area (Å²) < 4.78 is 5.43. The SMILES string of the molecule is CCOc1ccccc1C(=O)Nc1c(N)cccc1Cl. The van der Waals surface area contributed by atoms with Gasteiger partial charge >= 0.3 is 0 Å². The molecule has 0 aliphatic heterocycles. The zero-order valence-electron chi connectivity index (χ0n) is 11.0. The zero-order valence-corrected chi connectivity index (χ0v) is 11.8. The maximum atomic E-state index is 12.3. The van der Waals surface area contributed by atoms with Crippen molar-refractivity contribution in [3.05, 3.63) is 53.1 Å². The predicted molar refractivity (Wildman–Crippen MR) is 81.4 cm³/mol. The average Bonchev–Trinajstić information content (AvgIpc) is 2.44. The fourth-order valence-electron chi connectivity index (χ4n) is 1.79. The van der Waals surface area contributed by atoms with Crippen LogP contribution in [0, 0.1) is 0 Å². The molecule has 0 radical (unpaired) electrons. The van der Waals surface area contributed by atoms with Gasteiger partial charge in [0.1, 0.15) is 5.75 Å². The molecule has 3 N–H and O–H groups in total. The summed E-state index contributed by atoms with van der Waals surface area (Å²) in [4.78, 5) is 12.3. The molecule has 0 saturated carbocycles. The molecule has 0 aromatic heterocycles. The van der Waals surface area contributed by atoms with Gasteiger partial charge in [-0.25, -0.2) is 0 Å². The number of nitrogen functional groups attached to an aromatic ring is 1. The summed E-state index contributed by atoms with van der Waals surface area (Å²) in [6.45, 7) is 2.35. The van der Waals surface area contributed by atoms with Crippen molar-refractivity contribution in [3.63, 3.8) is 0 Å². The van der Waals surface area contributed by atoms with E-state index in [0.717, 1.165) is 0 Å². The molecule has 0 heterocycles. The van der Waals surface area contributed by atoms with Crippen LogP contribution in [0.15, 0.2) is 42.5 Å². The standard InChI is InChI=1S/C15H15ClN2O2/c1-2-20-13-9-4-3-6-10(13)15(19)18-14-11(16)7-5-8-12(14)17/h3-9H,2,17H2,1H3,(H,18,19). The normalized spacial score (nSPS) is 10.1. The van der Waals surface area contributed by atoms with E-state index >= 15 is 0 Å². The van der Waals surface area contributed by atoms with Crippen LogP contribution in [0.2, 0.25) is 5.02 Å².